The van der Waals surface area contributed by atoms with Gasteiger partial charge in [0.25, 0.3) is 0 Å². The molecule has 16 heavy (non-hydrogen) atoms. The Bertz CT molecular complexity index is 196. The maximum Gasteiger partial charge on any atom is 0.411 e. The lowest BCUT2D eigenvalue weighted by Gasteiger charge is -2.29. The van der Waals surface area contributed by atoms with Crippen LogP contribution in [0.15, 0.2) is 0 Å². The Kier molecular flexibility index (Phi) is 5.55. The van der Waals surface area contributed by atoms with Crippen molar-refractivity contribution in [3.63, 3.8) is 0 Å². The molecule has 1 saturated carbocycles. The Labute approximate surface area is 94.5 Å². The Morgan fingerprint density at radius 3 is 2.31 bits per heavy atom. The SMILES string of the molecule is CNC1CCCCCCC1OCC(F)(F)F. The second-order valence-corrected chi connectivity index (χ2v) is 4.35. The summed E-state index contributed by atoms with van der Waals surface area (Å²) in [6, 6.07) is 0.0580. The van der Waals surface area contributed by atoms with Gasteiger partial charge in [0.05, 0.1) is 6.10 Å². The van der Waals surface area contributed by atoms with Crippen LogP contribution < -0.4 is 5.32 Å². The lowest BCUT2D eigenvalue weighted by molar-refractivity contribution is -0.189. The number of likely N-dealkylation sites (N-methyl/N-ethyl adjacent to an activating group) is 1. The Morgan fingerprint density at radius 2 is 1.75 bits per heavy atom. The number of hydrogen-bond donors (Lipinski definition) is 1. The van der Waals surface area contributed by atoms with Crippen molar-refractivity contribution in [2.45, 2.75) is 56.8 Å². The average molecular weight is 239 g/mol. The molecule has 0 amide bonds. The fraction of sp³-hybridized carbons (Fsp3) is 1.00. The van der Waals surface area contributed by atoms with Crippen LogP contribution >= 0.6 is 0 Å². The molecule has 2 nitrogen and oxygen atoms in total. The molecule has 1 fully saturated rings. The van der Waals surface area contributed by atoms with Gasteiger partial charge in [-0.25, -0.2) is 0 Å². The van der Waals surface area contributed by atoms with E-state index in [0.29, 0.717) is 0 Å². The van der Waals surface area contributed by atoms with Crippen LogP contribution in [-0.2, 0) is 4.74 Å². The number of nitrogens with one attached hydrogen (secondary N) is 1. The first-order chi connectivity index (χ1) is 7.53. The van der Waals surface area contributed by atoms with E-state index in [1.807, 2.05) is 0 Å². The molecular formula is C11H20F3NO. The van der Waals surface area contributed by atoms with Gasteiger partial charge in [0.1, 0.15) is 6.61 Å². The van der Waals surface area contributed by atoms with E-state index in [0.717, 1.165) is 32.1 Å². The number of hydrogen-bond acceptors (Lipinski definition) is 2. The summed E-state index contributed by atoms with van der Waals surface area (Å²) in [5.41, 5.74) is 0. The van der Waals surface area contributed by atoms with Crippen LogP contribution in [0.25, 0.3) is 0 Å². The zero-order chi connectivity index (χ0) is 12.0. The summed E-state index contributed by atoms with van der Waals surface area (Å²) < 4.78 is 41.2. The maximum atomic E-state index is 12.1. The normalized spacial score (nSPS) is 28.5. The van der Waals surface area contributed by atoms with Crippen LogP contribution in [0, 0.1) is 0 Å². The molecule has 1 aliphatic rings. The lowest BCUT2D eigenvalue weighted by Crippen LogP contribution is -2.41. The molecular weight excluding hydrogens is 219 g/mol. The first-order valence-electron chi connectivity index (χ1n) is 5.88. The molecule has 0 radical (unpaired) electrons. The summed E-state index contributed by atoms with van der Waals surface area (Å²) in [5.74, 6) is 0. The zero-order valence-electron chi connectivity index (χ0n) is 9.65. The average Bonchev–Trinajstić information content (AvgIpc) is 2.15. The number of alkyl halides is 3. The van der Waals surface area contributed by atoms with Crippen molar-refractivity contribution < 1.29 is 17.9 Å². The molecule has 0 aliphatic heterocycles. The molecule has 2 atom stereocenters. The Morgan fingerprint density at radius 1 is 1.12 bits per heavy atom. The van der Waals surface area contributed by atoms with Gasteiger partial charge in [-0.3, -0.25) is 0 Å². The van der Waals surface area contributed by atoms with E-state index in [4.69, 9.17) is 4.74 Å². The van der Waals surface area contributed by atoms with Crippen molar-refractivity contribution in [3.8, 4) is 0 Å². The predicted octanol–water partition coefficient (Wildman–Crippen LogP) is 2.88. The molecule has 5 heteroatoms. The van der Waals surface area contributed by atoms with E-state index < -0.39 is 12.8 Å². The van der Waals surface area contributed by atoms with Gasteiger partial charge in [-0.2, -0.15) is 13.2 Å². The van der Waals surface area contributed by atoms with Gasteiger partial charge in [0.2, 0.25) is 0 Å². The minimum atomic E-state index is -4.22. The third-order valence-corrected chi connectivity index (χ3v) is 3.03. The molecule has 1 rings (SSSR count). The Balaban J connectivity index is 2.44. The highest BCUT2D eigenvalue weighted by atomic mass is 19.4. The van der Waals surface area contributed by atoms with Gasteiger partial charge in [-0.05, 0) is 19.9 Å². The molecule has 0 aromatic carbocycles. The van der Waals surface area contributed by atoms with E-state index in [2.05, 4.69) is 5.32 Å². The topological polar surface area (TPSA) is 21.3 Å². The molecule has 1 N–H and O–H groups in total. The van der Waals surface area contributed by atoms with Gasteiger partial charge >= 0.3 is 6.18 Å². The van der Waals surface area contributed by atoms with Crippen LogP contribution in [0.4, 0.5) is 13.2 Å². The second-order valence-electron chi connectivity index (χ2n) is 4.35. The predicted molar refractivity (Wildman–Crippen MR) is 56.3 cm³/mol. The molecule has 2 unspecified atom stereocenters. The summed E-state index contributed by atoms with van der Waals surface area (Å²) >= 11 is 0. The van der Waals surface area contributed by atoms with Crippen LogP contribution in [0.3, 0.4) is 0 Å². The third kappa shape index (κ3) is 5.16. The highest BCUT2D eigenvalue weighted by Gasteiger charge is 2.31. The molecule has 0 saturated heterocycles. The molecule has 1 aliphatic carbocycles. The summed E-state index contributed by atoms with van der Waals surface area (Å²) in [7, 11) is 1.79. The highest BCUT2D eigenvalue weighted by molar-refractivity contribution is 4.78. The van der Waals surface area contributed by atoms with E-state index in [9.17, 15) is 13.2 Å². The molecule has 0 aromatic heterocycles. The van der Waals surface area contributed by atoms with E-state index in [1.165, 1.54) is 6.42 Å². The second kappa shape index (κ2) is 6.45. The van der Waals surface area contributed by atoms with Crippen LogP contribution in [0.5, 0.6) is 0 Å². The summed E-state index contributed by atoms with van der Waals surface area (Å²) in [5, 5.41) is 3.07. The van der Waals surface area contributed by atoms with E-state index in [-0.39, 0.29) is 12.1 Å². The summed E-state index contributed by atoms with van der Waals surface area (Å²) in [6.45, 7) is -1.13. The number of halogens is 3. The Hall–Kier alpha value is -0.290. The van der Waals surface area contributed by atoms with Crippen molar-refractivity contribution >= 4 is 0 Å². The van der Waals surface area contributed by atoms with Crippen molar-refractivity contribution in [2.75, 3.05) is 13.7 Å². The third-order valence-electron chi connectivity index (χ3n) is 3.03. The molecule has 96 valence electrons. The monoisotopic (exact) mass is 239 g/mol. The minimum Gasteiger partial charge on any atom is -0.367 e. The smallest absolute Gasteiger partial charge is 0.367 e. The fourth-order valence-corrected chi connectivity index (χ4v) is 2.18. The standard InChI is InChI=1S/C11H20F3NO/c1-15-9-6-4-2-3-5-7-10(9)16-8-11(12,13)14/h9-10,15H,2-8H2,1H3. The van der Waals surface area contributed by atoms with Crippen molar-refractivity contribution in [3.05, 3.63) is 0 Å². The minimum absolute atomic E-state index is 0.0580. The fourth-order valence-electron chi connectivity index (χ4n) is 2.18. The zero-order valence-corrected chi connectivity index (χ0v) is 9.65. The van der Waals surface area contributed by atoms with Crippen LogP contribution in [0.2, 0.25) is 0 Å². The molecule has 0 bridgehead atoms. The van der Waals surface area contributed by atoms with Crippen LogP contribution in [-0.4, -0.2) is 32.0 Å². The molecule has 0 aromatic rings. The van der Waals surface area contributed by atoms with Crippen molar-refractivity contribution in [1.29, 1.82) is 0 Å². The van der Waals surface area contributed by atoms with Gasteiger partial charge in [0.15, 0.2) is 0 Å². The van der Waals surface area contributed by atoms with E-state index in [1.54, 1.807) is 7.05 Å². The summed E-state index contributed by atoms with van der Waals surface area (Å²) in [6.07, 6.45) is 1.40. The van der Waals surface area contributed by atoms with Gasteiger partial charge < -0.3 is 10.1 Å². The van der Waals surface area contributed by atoms with E-state index >= 15 is 0 Å². The molecule has 0 heterocycles. The van der Waals surface area contributed by atoms with Crippen molar-refractivity contribution in [1.82, 2.24) is 5.32 Å². The molecule has 0 spiro atoms. The summed E-state index contributed by atoms with van der Waals surface area (Å²) in [4.78, 5) is 0. The lowest BCUT2D eigenvalue weighted by atomic mass is 9.94. The van der Waals surface area contributed by atoms with Crippen molar-refractivity contribution in [2.24, 2.45) is 0 Å². The first-order valence-corrected chi connectivity index (χ1v) is 5.88. The quantitative estimate of drug-likeness (QED) is 0.817. The first kappa shape index (κ1) is 13.8. The highest BCUT2D eigenvalue weighted by Crippen LogP contribution is 2.23. The van der Waals surface area contributed by atoms with Gasteiger partial charge in [0, 0.05) is 6.04 Å². The maximum absolute atomic E-state index is 12.1. The van der Waals surface area contributed by atoms with Gasteiger partial charge in [-0.15, -0.1) is 0 Å². The van der Waals surface area contributed by atoms with Crippen LogP contribution in [0.1, 0.15) is 38.5 Å². The number of rotatable bonds is 3. The largest absolute Gasteiger partial charge is 0.411 e. The van der Waals surface area contributed by atoms with Gasteiger partial charge in [-0.1, -0.05) is 25.7 Å². The number of ether oxygens (including phenoxy) is 1.